The van der Waals surface area contributed by atoms with Crippen LogP contribution in [0.4, 0.5) is 4.79 Å². The molecule has 106 valence electrons. The Morgan fingerprint density at radius 2 is 2.10 bits per heavy atom. The molecule has 7 nitrogen and oxygen atoms in total. The van der Waals surface area contributed by atoms with Crippen molar-refractivity contribution in [3.8, 4) is 12.3 Å². The van der Waals surface area contributed by atoms with Crippen molar-refractivity contribution in [3.63, 3.8) is 0 Å². The predicted molar refractivity (Wildman–Crippen MR) is 68.5 cm³/mol. The van der Waals surface area contributed by atoms with Gasteiger partial charge in [0.1, 0.15) is 11.3 Å². The topological polar surface area (TPSA) is 75.9 Å². The van der Waals surface area contributed by atoms with Crippen molar-refractivity contribution in [3.05, 3.63) is 17.0 Å². The summed E-state index contributed by atoms with van der Waals surface area (Å²) in [5, 5.41) is 6.34. The van der Waals surface area contributed by atoms with Crippen LogP contribution in [-0.4, -0.2) is 46.9 Å². The minimum absolute atomic E-state index is 0.122. The van der Waals surface area contributed by atoms with Gasteiger partial charge in [-0.15, -0.1) is 6.42 Å². The van der Waals surface area contributed by atoms with E-state index < -0.39 is 6.09 Å². The first-order valence-corrected chi connectivity index (χ1v) is 6.18. The summed E-state index contributed by atoms with van der Waals surface area (Å²) in [7, 11) is 0. The maximum absolute atomic E-state index is 12.5. The van der Waals surface area contributed by atoms with Crippen molar-refractivity contribution in [1.29, 1.82) is 0 Å². The molecular weight excluding hydrogens is 262 g/mol. The van der Waals surface area contributed by atoms with E-state index in [0.29, 0.717) is 36.5 Å². The molecular formula is C13H15N3O4. The number of ether oxygens (including phenoxy) is 1. The lowest BCUT2D eigenvalue weighted by Crippen LogP contribution is -2.45. The van der Waals surface area contributed by atoms with Crippen LogP contribution < -0.4 is 0 Å². The number of amides is 2. The van der Waals surface area contributed by atoms with Crippen LogP contribution in [0.2, 0.25) is 0 Å². The summed E-state index contributed by atoms with van der Waals surface area (Å²) in [5.41, 5.74) is 0.873. The molecule has 0 radical (unpaired) electrons. The van der Waals surface area contributed by atoms with Gasteiger partial charge < -0.3 is 9.26 Å². The molecule has 0 aliphatic carbocycles. The number of aryl methyl sites for hydroxylation is 2. The highest BCUT2D eigenvalue weighted by Crippen LogP contribution is 2.20. The molecule has 0 bridgehead atoms. The number of terminal acetylenes is 1. The summed E-state index contributed by atoms with van der Waals surface area (Å²) in [4.78, 5) is 24.3. The van der Waals surface area contributed by atoms with Gasteiger partial charge in [0.25, 0.3) is 5.91 Å². The molecule has 1 aliphatic heterocycles. The zero-order valence-corrected chi connectivity index (χ0v) is 11.4. The second-order valence-electron chi connectivity index (χ2n) is 4.36. The first kappa shape index (κ1) is 13.9. The first-order chi connectivity index (χ1) is 9.56. The zero-order chi connectivity index (χ0) is 14.7. The standard InChI is InChI=1S/C13H15N3O4/c1-4-8-19-13(18)16-7-5-6-15(16)12(17)11-9(2)14-20-10(11)3/h1H,5-8H2,2-3H3. The van der Waals surface area contributed by atoms with Gasteiger partial charge in [-0.1, -0.05) is 11.1 Å². The first-order valence-electron chi connectivity index (χ1n) is 6.18. The smallest absolute Gasteiger partial charge is 0.429 e. The summed E-state index contributed by atoms with van der Waals surface area (Å²) >= 11 is 0. The number of aromatic nitrogens is 1. The van der Waals surface area contributed by atoms with E-state index in [1.807, 2.05) is 0 Å². The largest absolute Gasteiger partial charge is 0.435 e. The highest BCUT2D eigenvalue weighted by atomic mass is 16.6. The second kappa shape index (κ2) is 5.65. The van der Waals surface area contributed by atoms with E-state index in [1.54, 1.807) is 13.8 Å². The van der Waals surface area contributed by atoms with E-state index in [-0.39, 0.29) is 12.5 Å². The second-order valence-corrected chi connectivity index (χ2v) is 4.36. The molecule has 20 heavy (non-hydrogen) atoms. The summed E-state index contributed by atoms with van der Waals surface area (Å²) < 4.78 is 9.83. The van der Waals surface area contributed by atoms with Crippen LogP contribution in [0, 0.1) is 26.2 Å². The SMILES string of the molecule is C#CCOC(=O)N1CCCN1C(=O)c1c(C)noc1C. The third-order valence-corrected chi connectivity index (χ3v) is 3.00. The van der Waals surface area contributed by atoms with Crippen molar-refractivity contribution >= 4 is 12.0 Å². The molecule has 7 heteroatoms. The number of rotatable bonds is 2. The van der Waals surface area contributed by atoms with Gasteiger partial charge in [-0.25, -0.2) is 14.8 Å². The summed E-state index contributed by atoms with van der Waals surface area (Å²) in [5.74, 6) is 2.32. The van der Waals surface area contributed by atoms with Gasteiger partial charge >= 0.3 is 6.09 Å². The Hall–Kier alpha value is -2.49. The molecule has 1 aliphatic rings. The third kappa shape index (κ3) is 2.45. The number of carbonyl (C=O) groups excluding carboxylic acids is 2. The number of carbonyl (C=O) groups is 2. The monoisotopic (exact) mass is 277 g/mol. The summed E-state index contributed by atoms with van der Waals surface area (Å²) in [6.45, 7) is 4.07. The average Bonchev–Trinajstić information content (AvgIpc) is 3.03. The van der Waals surface area contributed by atoms with E-state index in [2.05, 4.69) is 11.1 Å². The molecule has 0 atom stereocenters. The number of hydrogen-bond donors (Lipinski definition) is 0. The molecule has 1 aromatic heterocycles. The minimum atomic E-state index is -0.624. The number of hydrazine groups is 1. The van der Waals surface area contributed by atoms with Crippen molar-refractivity contribution in [2.45, 2.75) is 20.3 Å². The zero-order valence-electron chi connectivity index (χ0n) is 11.4. The van der Waals surface area contributed by atoms with E-state index in [1.165, 1.54) is 10.0 Å². The van der Waals surface area contributed by atoms with Crippen LogP contribution in [0.1, 0.15) is 28.2 Å². The third-order valence-electron chi connectivity index (χ3n) is 3.00. The van der Waals surface area contributed by atoms with Crippen LogP contribution in [0.5, 0.6) is 0 Å². The van der Waals surface area contributed by atoms with Crippen LogP contribution >= 0.6 is 0 Å². The Morgan fingerprint density at radius 3 is 2.70 bits per heavy atom. The fourth-order valence-corrected chi connectivity index (χ4v) is 2.11. The molecule has 0 unspecified atom stereocenters. The van der Waals surface area contributed by atoms with Crippen molar-refractivity contribution in [1.82, 2.24) is 15.2 Å². The van der Waals surface area contributed by atoms with Crippen LogP contribution in [0.15, 0.2) is 4.52 Å². The molecule has 1 fully saturated rings. The predicted octanol–water partition coefficient (Wildman–Crippen LogP) is 1.12. The Bertz CT molecular complexity index is 553. The van der Waals surface area contributed by atoms with Crippen LogP contribution in [0.25, 0.3) is 0 Å². The molecule has 1 aromatic rings. The molecule has 0 saturated carbocycles. The Morgan fingerprint density at radius 1 is 1.40 bits per heavy atom. The fraction of sp³-hybridized carbons (Fsp3) is 0.462. The van der Waals surface area contributed by atoms with Crippen molar-refractivity contribution in [2.75, 3.05) is 19.7 Å². The summed E-state index contributed by atoms with van der Waals surface area (Å²) in [6.07, 6.45) is 5.10. The molecule has 2 heterocycles. The minimum Gasteiger partial charge on any atom is -0.435 e. The van der Waals surface area contributed by atoms with Crippen molar-refractivity contribution < 1.29 is 18.8 Å². The summed E-state index contributed by atoms with van der Waals surface area (Å²) in [6, 6.07) is 0. The van der Waals surface area contributed by atoms with Crippen LogP contribution in [-0.2, 0) is 4.74 Å². The maximum Gasteiger partial charge on any atom is 0.429 e. The van der Waals surface area contributed by atoms with E-state index in [4.69, 9.17) is 15.7 Å². The number of nitrogens with zero attached hydrogens (tertiary/aromatic N) is 3. The van der Waals surface area contributed by atoms with E-state index in [9.17, 15) is 9.59 Å². The lowest BCUT2D eigenvalue weighted by Gasteiger charge is -2.26. The average molecular weight is 277 g/mol. The van der Waals surface area contributed by atoms with Gasteiger partial charge in [0, 0.05) is 13.1 Å². The van der Waals surface area contributed by atoms with E-state index in [0.717, 1.165) is 0 Å². The van der Waals surface area contributed by atoms with Gasteiger partial charge in [-0.05, 0) is 20.3 Å². The lowest BCUT2D eigenvalue weighted by atomic mass is 10.2. The molecule has 0 aromatic carbocycles. The van der Waals surface area contributed by atoms with Gasteiger partial charge in [-0.3, -0.25) is 4.79 Å². The van der Waals surface area contributed by atoms with Crippen molar-refractivity contribution in [2.24, 2.45) is 0 Å². The maximum atomic E-state index is 12.5. The quantitative estimate of drug-likeness (QED) is 0.757. The van der Waals surface area contributed by atoms with Gasteiger partial charge in [0.2, 0.25) is 0 Å². The fourth-order valence-electron chi connectivity index (χ4n) is 2.11. The molecule has 0 spiro atoms. The molecule has 2 rings (SSSR count). The van der Waals surface area contributed by atoms with E-state index >= 15 is 0 Å². The highest BCUT2D eigenvalue weighted by molar-refractivity contribution is 5.97. The van der Waals surface area contributed by atoms with Gasteiger partial charge in [0.05, 0.1) is 5.69 Å². The number of hydrogen-bond acceptors (Lipinski definition) is 5. The van der Waals surface area contributed by atoms with Crippen LogP contribution in [0.3, 0.4) is 0 Å². The normalized spacial score (nSPS) is 14.2. The highest BCUT2D eigenvalue weighted by Gasteiger charge is 2.34. The Labute approximate surface area is 116 Å². The van der Waals surface area contributed by atoms with Gasteiger partial charge in [-0.2, -0.15) is 0 Å². The molecule has 0 N–H and O–H groups in total. The molecule has 2 amide bonds. The Kier molecular flexibility index (Phi) is 3.94. The Balaban J connectivity index is 2.17. The molecule has 1 saturated heterocycles. The van der Waals surface area contributed by atoms with Gasteiger partial charge in [0.15, 0.2) is 6.61 Å². The lowest BCUT2D eigenvalue weighted by molar-refractivity contribution is 0.0163.